The van der Waals surface area contributed by atoms with Crippen molar-refractivity contribution in [1.29, 1.82) is 0 Å². The molecule has 0 atom stereocenters. The largest absolute Gasteiger partial charge is 0.386 e. The van der Waals surface area contributed by atoms with Gasteiger partial charge in [0, 0.05) is 5.39 Å². The number of hydrogen-bond donors (Lipinski definition) is 2. The number of benzene rings is 1. The molecule has 0 saturated heterocycles. The molecule has 5 heteroatoms. The first-order valence-corrected chi connectivity index (χ1v) is 5.07. The van der Waals surface area contributed by atoms with Crippen LogP contribution in [0.15, 0.2) is 23.3 Å². The number of aromatic amines is 1. The van der Waals surface area contributed by atoms with Gasteiger partial charge in [-0.05, 0) is 24.6 Å². The topological polar surface area (TPSA) is 67.1 Å². The van der Waals surface area contributed by atoms with E-state index in [1.807, 2.05) is 19.1 Å². The maximum Gasteiger partial charge on any atom is 0.115 e. The van der Waals surface area contributed by atoms with E-state index < -0.39 is 0 Å². The third kappa shape index (κ3) is 1.94. The van der Waals surface area contributed by atoms with Crippen LogP contribution in [-0.4, -0.2) is 21.9 Å². The molecule has 3 N–H and O–H groups in total. The number of aromatic nitrogens is 2. The molecular weight excluding hydrogens is 212 g/mol. The van der Waals surface area contributed by atoms with E-state index in [1.165, 1.54) is 0 Å². The van der Waals surface area contributed by atoms with Gasteiger partial charge in [-0.25, -0.2) is 4.99 Å². The second-order valence-corrected chi connectivity index (χ2v) is 3.60. The zero-order chi connectivity index (χ0) is 10.8. The maximum absolute atomic E-state index is 5.59. The van der Waals surface area contributed by atoms with Gasteiger partial charge < -0.3 is 5.73 Å². The molecule has 0 spiro atoms. The van der Waals surface area contributed by atoms with Gasteiger partial charge in [0.05, 0.1) is 23.3 Å². The van der Waals surface area contributed by atoms with Crippen molar-refractivity contribution < 1.29 is 0 Å². The molecular formula is C10H11ClN4. The SMILES string of the molecule is Cc1cc2[nH]ncc2cc1N=C(N)CCl. The van der Waals surface area contributed by atoms with Crippen LogP contribution in [0, 0.1) is 6.92 Å². The highest BCUT2D eigenvalue weighted by Gasteiger charge is 2.02. The van der Waals surface area contributed by atoms with E-state index in [4.69, 9.17) is 17.3 Å². The number of H-pyrrole nitrogens is 1. The molecule has 1 aromatic heterocycles. The lowest BCUT2D eigenvalue weighted by Gasteiger charge is -2.01. The van der Waals surface area contributed by atoms with Crippen molar-refractivity contribution in [3.8, 4) is 0 Å². The van der Waals surface area contributed by atoms with Gasteiger partial charge in [0.2, 0.25) is 0 Å². The summed E-state index contributed by atoms with van der Waals surface area (Å²) >= 11 is 5.58. The Morgan fingerprint density at radius 1 is 1.60 bits per heavy atom. The van der Waals surface area contributed by atoms with E-state index >= 15 is 0 Å². The fraction of sp³-hybridized carbons (Fsp3) is 0.200. The highest BCUT2D eigenvalue weighted by molar-refractivity contribution is 6.28. The molecule has 0 fully saturated rings. The van der Waals surface area contributed by atoms with Crippen molar-refractivity contribution in [2.24, 2.45) is 10.7 Å². The van der Waals surface area contributed by atoms with Crippen LogP contribution in [0.4, 0.5) is 5.69 Å². The first-order valence-electron chi connectivity index (χ1n) is 4.53. The van der Waals surface area contributed by atoms with Gasteiger partial charge in [0.25, 0.3) is 0 Å². The third-order valence-corrected chi connectivity index (χ3v) is 2.43. The van der Waals surface area contributed by atoms with Gasteiger partial charge in [-0.1, -0.05) is 0 Å². The lowest BCUT2D eigenvalue weighted by molar-refractivity contribution is 1.12. The average Bonchev–Trinajstić information content (AvgIpc) is 2.65. The van der Waals surface area contributed by atoms with E-state index in [9.17, 15) is 0 Å². The van der Waals surface area contributed by atoms with Gasteiger partial charge >= 0.3 is 0 Å². The molecule has 1 aromatic carbocycles. The molecule has 15 heavy (non-hydrogen) atoms. The number of alkyl halides is 1. The monoisotopic (exact) mass is 222 g/mol. The number of amidine groups is 1. The lowest BCUT2D eigenvalue weighted by Crippen LogP contribution is -2.12. The Balaban J connectivity index is 2.55. The summed E-state index contributed by atoms with van der Waals surface area (Å²) in [5.41, 5.74) is 8.46. The van der Waals surface area contributed by atoms with E-state index in [0.717, 1.165) is 22.2 Å². The van der Waals surface area contributed by atoms with Crippen LogP contribution in [0.25, 0.3) is 10.9 Å². The zero-order valence-electron chi connectivity index (χ0n) is 8.29. The number of nitrogens with two attached hydrogens (primary N) is 1. The van der Waals surface area contributed by atoms with Crippen molar-refractivity contribution >= 4 is 34.0 Å². The van der Waals surface area contributed by atoms with Gasteiger partial charge in [-0.2, -0.15) is 5.10 Å². The Kier molecular flexibility index (Phi) is 2.60. The van der Waals surface area contributed by atoms with Crippen LogP contribution >= 0.6 is 11.6 Å². The predicted octanol–water partition coefficient (Wildman–Crippen LogP) is 2.10. The Hall–Kier alpha value is -1.55. The number of fused-ring (bicyclic) bond motifs is 1. The summed E-state index contributed by atoms with van der Waals surface area (Å²) in [6.07, 6.45) is 1.75. The molecule has 2 rings (SSSR count). The number of aliphatic imine (C=N–C) groups is 1. The summed E-state index contributed by atoms with van der Waals surface area (Å²) < 4.78 is 0. The van der Waals surface area contributed by atoms with Crippen molar-refractivity contribution in [3.63, 3.8) is 0 Å². The van der Waals surface area contributed by atoms with Crippen LogP contribution < -0.4 is 5.73 Å². The van der Waals surface area contributed by atoms with Gasteiger partial charge in [0.1, 0.15) is 5.84 Å². The number of hydrogen-bond acceptors (Lipinski definition) is 2. The molecule has 4 nitrogen and oxygen atoms in total. The number of aryl methyl sites for hydroxylation is 1. The molecule has 0 radical (unpaired) electrons. The van der Waals surface area contributed by atoms with Crippen LogP contribution in [0.2, 0.25) is 0 Å². The summed E-state index contributed by atoms with van der Waals surface area (Å²) in [4.78, 5) is 4.23. The molecule has 0 aliphatic rings. The highest BCUT2D eigenvalue weighted by atomic mass is 35.5. The molecule has 0 unspecified atom stereocenters. The van der Waals surface area contributed by atoms with Crippen LogP contribution in [0.5, 0.6) is 0 Å². The molecule has 0 saturated carbocycles. The van der Waals surface area contributed by atoms with E-state index in [1.54, 1.807) is 6.20 Å². The quantitative estimate of drug-likeness (QED) is 0.464. The zero-order valence-corrected chi connectivity index (χ0v) is 9.04. The highest BCUT2D eigenvalue weighted by Crippen LogP contribution is 2.24. The Labute approximate surface area is 92.1 Å². The molecule has 2 aromatic rings. The predicted molar refractivity (Wildman–Crippen MR) is 62.8 cm³/mol. The van der Waals surface area contributed by atoms with E-state index in [0.29, 0.717) is 5.84 Å². The molecule has 0 aliphatic carbocycles. The molecule has 0 amide bonds. The second kappa shape index (κ2) is 3.90. The minimum Gasteiger partial charge on any atom is -0.386 e. The van der Waals surface area contributed by atoms with Gasteiger partial charge in [-0.3, -0.25) is 5.10 Å². The first kappa shape index (κ1) is 9.98. The summed E-state index contributed by atoms with van der Waals surface area (Å²) in [6.45, 7) is 1.97. The summed E-state index contributed by atoms with van der Waals surface area (Å²) in [5, 5.41) is 7.87. The first-order chi connectivity index (χ1) is 7.20. The van der Waals surface area contributed by atoms with Crippen molar-refractivity contribution in [2.75, 3.05) is 5.88 Å². The number of nitrogens with zero attached hydrogens (tertiary/aromatic N) is 2. The molecule has 0 bridgehead atoms. The standard InChI is InChI=1S/C10H11ClN4/c1-6-2-9-7(5-13-15-9)3-8(6)14-10(12)4-11/h2-3,5H,4H2,1H3,(H2,12,14)(H,13,15). The van der Waals surface area contributed by atoms with Crippen LogP contribution in [0.1, 0.15) is 5.56 Å². The molecule has 0 aliphatic heterocycles. The second-order valence-electron chi connectivity index (χ2n) is 3.33. The number of rotatable bonds is 2. The molecule has 1 heterocycles. The van der Waals surface area contributed by atoms with Crippen molar-refractivity contribution in [1.82, 2.24) is 10.2 Å². The lowest BCUT2D eigenvalue weighted by atomic mass is 10.1. The van der Waals surface area contributed by atoms with E-state index in [-0.39, 0.29) is 5.88 Å². The van der Waals surface area contributed by atoms with Crippen molar-refractivity contribution in [3.05, 3.63) is 23.9 Å². The summed E-state index contributed by atoms with van der Waals surface area (Å²) in [5.74, 6) is 0.658. The smallest absolute Gasteiger partial charge is 0.115 e. The Morgan fingerprint density at radius 2 is 2.40 bits per heavy atom. The number of nitrogens with one attached hydrogen (secondary N) is 1. The van der Waals surface area contributed by atoms with Crippen LogP contribution in [0.3, 0.4) is 0 Å². The summed E-state index contributed by atoms with van der Waals surface area (Å²) in [6, 6.07) is 3.93. The van der Waals surface area contributed by atoms with E-state index in [2.05, 4.69) is 15.2 Å². The normalized spacial score (nSPS) is 12.3. The average molecular weight is 223 g/mol. The minimum atomic E-state index is 0.239. The minimum absolute atomic E-state index is 0.239. The van der Waals surface area contributed by atoms with Gasteiger partial charge in [-0.15, -0.1) is 11.6 Å². The fourth-order valence-electron chi connectivity index (χ4n) is 1.39. The molecule has 78 valence electrons. The maximum atomic E-state index is 5.59. The van der Waals surface area contributed by atoms with Gasteiger partial charge in [0.15, 0.2) is 0 Å². The van der Waals surface area contributed by atoms with Crippen molar-refractivity contribution in [2.45, 2.75) is 6.92 Å². The Bertz CT molecular complexity index is 515. The summed E-state index contributed by atoms with van der Waals surface area (Å²) in [7, 11) is 0. The Morgan fingerprint density at radius 3 is 3.13 bits per heavy atom. The van der Waals surface area contributed by atoms with Crippen LogP contribution in [-0.2, 0) is 0 Å². The number of halogens is 1. The third-order valence-electron chi connectivity index (χ3n) is 2.16. The fourth-order valence-corrected chi connectivity index (χ4v) is 1.45.